The van der Waals surface area contributed by atoms with Crippen molar-refractivity contribution < 1.29 is 9.53 Å². The molecule has 0 aliphatic carbocycles. The molecule has 1 aromatic carbocycles. The SMILES string of the molecule is NC1CCCN(Cc2ccnc(C(=O)Nc3ccc(-c4cc5c(N6CCOCC6)ncnc5[nH]4)cc3)c2)C1. The number of nitrogens with one attached hydrogen (secondary N) is 2. The first-order valence-corrected chi connectivity index (χ1v) is 13.1. The van der Waals surface area contributed by atoms with Gasteiger partial charge in [0.1, 0.15) is 23.5 Å². The molecule has 5 heterocycles. The van der Waals surface area contributed by atoms with Crippen molar-refractivity contribution in [3.63, 3.8) is 0 Å². The standard InChI is InChI=1S/C28H32N8O2/c29-21-2-1-9-35(17-21)16-19-7-8-30-25(14-19)28(37)33-22-5-3-20(4-6-22)24-15-23-26(34-24)31-18-32-27(23)36-10-12-38-13-11-36/h3-8,14-15,18,21H,1-2,9-13,16-17,29H2,(H,33,37)(H,31,32,34). The molecular weight excluding hydrogens is 480 g/mol. The number of piperidine rings is 1. The van der Waals surface area contributed by atoms with E-state index in [0.29, 0.717) is 24.6 Å². The quantitative estimate of drug-likeness (QED) is 0.360. The Morgan fingerprint density at radius 3 is 2.74 bits per heavy atom. The molecule has 38 heavy (non-hydrogen) atoms. The molecule has 0 bridgehead atoms. The lowest BCUT2D eigenvalue weighted by molar-refractivity contribution is 0.102. The van der Waals surface area contributed by atoms with Crippen molar-refractivity contribution in [2.24, 2.45) is 5.73 Å². The lowest BCUT2D eigenvalue weighted by Gasteiger charge is -2.30. The maximum atomic E-state index is 12.9. The number of fused-ring (bicyclic) bond motifs is 1. The number of likely N-dealkylation sites (tertiary alicyclic amines) is 1. The molecule has 2 aliphatic rings. The maximum absolute atomic E-state index is 12.9. The molecule has 1 atom stereocenters. The van der Waals surface area contributed by atoms with Crippen LogP contribution in [0.3, 0.4) is 0 Å². The molecule has 4 N–H and O–H groups in total. The Hall–Kier alpha value is -3.86. The lowest BCUT2D eigenvalue weighted by Crippen LogP contribution is -2.42. The average Bonchev–Trinajstić information content (AvgIpc) is 3.39. The highest BCUT2D eigenvalue weighted by molar-refractivity contribution is 6.03. The number of carbonyl (C=O) groups excluding carboxylic acids is 1. The van der Waals surface area contributed by atoms with Crippen molar-refractivity contribution in [1.82, 2.24) is 24.8 Å². The molecule has 2 saturated heterocycles. The monoisotopic (exact) mass is 512 g/mol. The lowest BCUT2D eigenvalue weighted by atomic mass is 10.1. The van der Waals surface area contributed by atoms with Crippen molar-refractivity contribution in [3.8, 4) is 11.3 Å². The van der Waals surface area contributed by atoms with Gasteiger partial charge in [-0.1, -0.05) is 12.1 Å². The van der Waals surface area contributed by atoms with Gasteiger partial charge < -0.3 is 25.7 Å². The number of amides is 1. The number of nitrogens with two attached hydrogens (primary N) is 1. The molecule has 10 nitrogen and oxygen atoms in total. The number of nitrogens with zero attached hydrogens (tertiary/aromatic N) is 5. The van der Waals surface area contributed by atoms with Gasteiger partial charge in [0.05, 0.1) is 18.6 Å². The Bertz CT molecular complexity index is 1410. The number of aromatic nitrogens is 4. The second-order valence-electron chi connectivity index (χ2n) is 9.96. The van der Waals surface area contributed by atoms with Gasteiger partial charge in [0.2, 0.25) is 0 Å². The van der Waals surface area contributed by atoms with Crippen LogP contribution in [0.4, 0.5) is 11.5 Å². The molecule has 3 aromatic heterocycles. The Balaban J connectivity index is 1.14. The first-order valence-electron chi connectivity index (χ1n) is 13.1. The summed E-state index contributed by atoms with van der Waals surface area (Å²) in [5, 5.41) is 3.95. The molecule has 1 amide bonds. The van der Waals surface area contributed by atoms with Crippen LogP contribution < -0.4 is 16.0 Å². The van der Waals surface area contributed by atoms with Gasteiger partial charge in [-0.2, -0.15) is 0 Å². The van der Waals surface area contributed by atoms with Gasteiger partial charge in [0, 0.05) is 49.8 Å². The number of carbonyl (C=O) groups is 1. The molecule has 0 radical (unpaired) electrons. The van der Waals surface area contributed by atoms with E-state index >= 15 is 0 Å². The molecule has 2 aliphatic heterocycles. The van der Waals surface area contributed by atoms with Crippen molar-refractivity contribution in [2.75, 3.05) is 49.6 Å². The van der Waals surface area contributed by atoms with Crippen LogP contribution in [0, 0.1) is 0 Å². The maximum Gasteiger partial charge on any atom is 0.274 e. The summed E-state index contributed by atoms with van der Waals surface area (Å²) in [5.41, 5.74) is 11.0. The molecule has 6 rings (SSSR count). The van der Waals surface area contributed by atoms with Crippen LogP contribution in [0.1, 0.15) is 28.9 Å². The summed E-state index contributed by atoms with van der Waals surface area (Å²) in [6.45, 7) is 5.70. The molecule has 2 fully saturated rings. The third kappa shape index (κ3) is 5.38. The number of pyridine rings is 1. The highest BCUT2D eigenvalue weighted by Crippen LogP contribution is 2.29. The number of hydrogen-bond donors (Lipinski definition) is 3. The van der Waals surface area contributed by atoms with Gasteiger partial charge in [-0.25, -0.2) is 9.97 Å². The van der Waals surface area contributed by atoms with Crippen LogP contribution in [0.2, 0.25) is 0 Å². The van der Waals surface area contributed by atoms with Crippen LogP contribution in [0.15, 0.2) is 55.0 Å². The summed E-state index contributed by atoms with van der Waals surface area (Å²) < 4.78 is 5.48. The number of aromatic amines is 1. The zero-order valence-electron chi connectivity index (χ0n) is 21.3. The number of benzene rings is 1. The van der Waals surface area contributed by atoms with Crippen LogP contribution in [-0.4, -0.2) is 76.2 Å². The first-order chi connectivity index (χ1) is 18.6. The fraction of sp³-hybridized carbons (Fsp3) is 0.357. The molecule has 4 aromatic rings. The molecule has 1 unspecified atom stereocenters. The number of anilines is 2. The third-order valence-corrected chi connectivity index (χ3v) is 7.17. The fourth-order valence-corrected chi connectivity index (χ4v) is 5.23. The van der Waals surface area contributed by atoms with E-state index in [1.807, 2.05) is 36.4 Å². The summed E-state index contributed by atoms with van der Waals surface area (Å²) in [4.78, 5) is 34.1. The smallest absolute Gasteiger partial charge is 0.274 e. The Kier molecular flexibility index (Phi) is 7.00. The summed E-state index contributed by atoms with van der Waals surface area (Å²) in [7, 11) is 0. The van der Waals surface area contributed by atoms with E-state index in [-0.39, 0.29) is 11.9 Å². The van der Waals surface area contributed by atoms with E-state index in [4.69, 9.17) is 10.5 Å². The third-order valence-electron chi connectivity index (χ3n) is 7.17. The Morgan fingerprint density at radius 2 is 1.92 bits per heavy atom. The van der Waals surface area contributed by atoms with Crippen LogP contribution in [0.5, 0.6) is 0 Å². The van der Waals surface area contributed by atoms with Gasteiger partial charge >= 0.3 is 0 Å². The topological polar surface area (TPSA) is 125 Å². The summed E-state index contributed by atoms with van der Waals surface area (Å²) >= 11 is 0. The molecule has 0 saturated carbocycles. The molecule has 196 valence electrons. The second kappa shape index (κ2) is 10.9. The summed E-state index contributed by atoms with van der Waals surface area (Å²) in [5.74, 6) is 0.688. The minimum Gasteiger partial charge on any atom is -0.378 e. The van der Waals surface area contributed by atoms with Crippen molar-refractivity contribution in [1.29, 1.82) is 0 Å². The van der Waals surface area contributed by atoms with Gasteiger partial charge in [-0.3, -0.25) is 14.7 Å². The van der Waals surface area contributed by atoms with Crippen molar-refractivity contribution >= 4 is 28.4 Å². The summed E-state index contributed by atoms with van der Waals surface area (Å²) in [6.07, 6.45) is 5.47. The van der Waals surface area contributed by atoms with Gasteiger partial charge in [-0.15, -0.1) is 0 Å². The van der Waals surface area contributed by atoms with E-state index in [1.165, 1.54) is 0 Å². The number of H-pyrrole nitrogens is 1. The van der Waals surface area contributed by atoms with E-state index in [0.717, 1.165) is 79.2 Å². The van der Waals surface area contributed by atoms with E-state index in [1.54, 1.807) is 12.5 Å². The number of rotatable bonds is 6. The predicted octanol–water partition coefficient (Wildman–Crippen LogP) is 3.03. The highest BCUT2D eigenvalue weighted by atomic mass is 16.5. The Morgan fingerprint density at radius 1 is 1.08 bits per heavy atom. The van der Waals surface area contributed by atoms with E-state index < -0.39 is 0 Å². The van der Waals surface area contributed by atoms with Gasteiger partial charge in [0.25, 0.3) is 5.91 Å². The van der Waals surface area contributed by atoms with Gasteiger partial charge in [-0.05, 0) is 60.8 Å². The molecule has 10 heteroatoms. The average molecular weight is 513 g/mol. The first kappa shape index (κ1) is 24.5. The van der Waals surface area contributed by atoms with Crippen molar-refractivity contribution in [3.05, 3.63) is 66.2 Å². The van der Waals surface area contributed by atoms with Crippen LogP contribution >= 0.6 is 0 Å². The fourth-order valence-electron chi connectivity index (χ4n) is 5.23. The zero-order chi connectivity index (χ0) is 25.9. The van der Waals surface area contributed by atoms with Crippen LogP contribution in [0.25, 0.3) is 22.3 Å². The number of ether oxygens (including phenoxy) is 1. The minimum atomic E-state index is -0.231. The predicted molar refractivity (Wildman–Crippen MR) is 147 cm³/mol. The van der Waals surface area contributed by atoms with Gasteiger partial charge in [0.15, 0.2) is 0 Å². The van der Waals surface area contributed by atoms with E-state index in [9.17, 15) is 4.79 Å². The Labute approximate surface area is 221 Å². The van der Waals surface area contributed by atoms with Crippen LogP contribution in [-0.2, 0) is 11.3 Å². The number of hydrogen-bond acceptors (Lipinski definition) is 8. The highest BCUT2D eigenvalue weighted by Gasteiger charge is 2.19. The van der Waals surface area contributed by atoms with E-state index in [2.05, 4.69) is 41.1 Å². The largest absolute Gasteiger partial charge is 0.378 e. The molecular formula is C28H32N8O2. The second-order valence-corrected chi connectivity index (χ2v) is 9.96. The number of morpholine rings is 1. The minimum absolute atomic E-state index is 0.223. The zero-order valence-corrected chi connectivity index (χ0v) is 21.3. The molecule has 0 spiro atoms. The normalized spacial score (nSPS) is 18.6. The van der Waals surface area contributed by atoms with Crippen molar-refractivity contribution in [2.45, 2.75) is 25.4 Å². The summed E-state index contributed by atoms with van der Waals surface area (Å²) in [6, 6.07) is 13.9.